The lowest BCUT2D eigenvalue weighted by molar-refractivity contribution is -0.127. The Hall–Kier alpha value is -0.650. The van der Waals surface area contributed by atoms with Crippen molar-refractivity contribution in [3.63, 3.8) is 0 Å². The maximum absolute atomic E-state index is 12.0. The standard InChI is InChI=1S/C12H23N3O2/c1-2-15-6-3-4-10(8-15)14-12(16)11-9-17-7-5-13-11/h10-11,13H,2-9H2,1H3,(H,14,16). The van der Waals surface area contributed by atoms with Gasteiger partial charge in [-0.25, -0.2) is 0 Å². The molecule has 0 aromatic carbocycles. The first kappa shape index (κ1) is 12.8. The second-order valence-corrected chi connectivity index (χ2v) is 4.82. The summed E-state index contributed by atoms with van der Waals surface area (Å²) in [6, 6.07) is 0.140. The molecule has 0 bridgehead atoms. The number of hydrogen-bond acceptors (Lipinski definition) is 4. The number of hydrogen-bond donors (Lipinski definition) is 2. The molecule has 0 aliphatic carbocycles. The van der Waals surface area contributed by atoms with Crippen molar-refractivity contribution in [1.82, 2.24) is 15.5 Å². The van der Waals surface area contributed by atoms with Gasteiger partial charge in [0.1, 0.15) is 6.04 Å². The highest BCUT2D eigenvalue weighted by Gasteiger charge is 2.25. The average Bonchev–Trinajstić information content (AvgIpc) is 2.40. The molecule has 5 heteroatoms. The van der Waals surface area contributed by atoms with Crippen LogP contribution in [-0.4, -0.2) is 62.3 Å². The minimum absolute atomic E-state index is 0.0904. The third-order valence-electron chi connectivity index (χ3n) is 3.54. The molecule has 2 saturated heterocycles. The van der Waals surface area contributed by atoms with Gasteiger partial charge in [0.2, 0.25) is 5.91 Å². The molecule has 1 amide bonds. The van der Waals surface area contributed by atoms with Gasteiger partial charge < -0.3 is 20.3 Å². The largest absolute Gasteiger partial charge is 0.378 e. The molecule has 2 atom stereocenters. The Kier molecular flexibility index (Phi) is 4.76. The van der Waals surface area contributed by atoms with E-state index in [1.165, 1.54) is 6.42 Å². The van der Waals surface area contributed by atoms with E-state index >= 15 is 0 Å². The second kappa shape index (κ2) is 6.33. The highest BCUT2D eigenvalue weighted by Crippen LogP contribution is 2.09. The van der Waals surface area contributed by atoms with Crippen LogP contribution in [0.5, 0.6) is 0 Å². The summed E-state index contributed by atoms with van der Waals surface area (Å²) in [4.78, 5) is 14.4. The van der Waals surface area contributed by atoms with Gasteiger partial charge in [0.05, 0.1) is 13.2 Å². The predicted octanol–water partition coefficient (Wildman–Crippen LogP) is -0.425. The molecular weight excluding hydrogens is 218 g/mol. The number of morpholine rings is 1. The fraction of sp³-hybridized carbons (Fsp3) is 0.917. The van der Waals surface area contributed by atoms with Gasteiger partial charge in [0, 0.05) is 19.1 Å². The number of piperidine rings is 1. The van der Waals surface area contributed by atoms with Crippen LogP contribution in [0.4, 0.5) is 0 Å². The minimum Gasteiger partial charge on any atom is -0.378 e. The van der Waals surface area contributed by atoms with Gasteiger partial charge in [-0.1, -0.05) is 6.92 Å². The number of ether oxygens (including phenoxy) is 1. The van der Waals surface area contributed by atoms with Gasteiger partial charge >= 0.3 is 0 Å². The van der Waals surface area contributed by atoms with Gasteiger partial charge in [0.25, 0.3) is 0 Å². The van der Waals surface area contributed by atoms with Crippen LogP contribution < -0.4 is 10.6 Å². The van der Waals surface area contributed by atoms with Crippen molar-refractivity contribution in [2.75, 3.05) is 39.4 Å². The molecule has 5 nitrogen and oxygen atoms in total. The first-order valence-electron chi connectivity index (χ1n) is 6.63. The van der Waals surface area contributed by atoms with E-state index in [0.29, 0.717) is 19.3 Å². The highest BCUT2D eigenvalue weighted by atomic mass is 16.5. The van der Waals surface area contributed by atoms with Crippen LogP contribution >= 0.6 is 0 Å². The fourth-order valence-electron chi connectivity index (χ4n) is 2.50. The van der Waals surface area contributed by atoms with Crippen LogP contribution in [0.2, 0.25) is 0 Å². The van der Waals surface area contributed by atoms with E-state index in [1.807, 2.05) is 0 Å². The molecule has 0 saturated carbocycles. The lowest BCUT2D eigenvalue weighted by atomic mass is 10.1. The number of nitrogens with zero attached hydrogens (tertiary/aromatic N) is 1. The van der Waals surface area contributed by atoms with Crippen LogP contribution in [0.1, 0.15) is 19.8 Å². The number of likely N-dealkylation sites (N-methyl/N-ethyl adjacent to an activating group) is 1. The topological polar surface area (TPSA) is 53.6 Å². The zero-order valence-corrected chi connectivity index (χ0v) is 10.6. The highest BCUT2D eigenvalue weighted by molar-refractivity contribution is 5.82. The van der Waals surface area contributed by atoms with E-state index in [0.717, 1.165) is 32.6 Å². The third kappa shape index (κ3) is 3.66. The molecule has 2 N–H and O–H groups in total. The number of nitrogens with one attached hydrogen (secondary N) is 2. The molecule has 17 heavy (non-hydrogen) atoms. The number of carbonyl (C=O) groups is 1. The summed E-state index contributed by atoms with van der Waals surface area (Å²) in [6.45, 7) is 7.35. The SMILES string of the molecule is CCN1CCCC(NC(=O)C2COCCN2)C1. The molecule has 2 unspecified atom stereocenters. The van der Waals surface area contributed by atoms with Crippen molar-refractivity contribution in [3.8, 4) is 0 Å². The molecule has 0 spiro atoms. The van der Waals surface area contributed by atoms with Gasteiger partial charge in [-0.15, -0.1) is 0 Å². The Bertz CT molecular complexity index is 254. The summed E-state index contributed by atoms with van der Waals surface area (Å²) in [5.41, 5.74) is 0. The van der Waals surface area contributed by atoms with E-state index in [2.05, 4.69) is 22.5 Å². The van der Waals surface area contributed by atoms with Crippen LogP contribution in [0.15, 0.2) is 0 Å². The number of amides is 1. The van der Waals surface area contributed by atoms with Crippen molar-refractivity contribution >= 4 is 5.91 Å². The molecule has 2 fully saturated rings. The molecule has 2 rings (SSSR count). The van der Waals surface area contributed by atoms with E-state index in [9.17, 15) is 4.79 Å². The normalized spacial score (nSPS) is 31.1. The molecular formula is C12H23N3O2. The predicted molar refractivity (Wildman–Crippen MR) is 65.9 cm³/mol. The van der Waals surface area contributed by atoms with E-state index < -0.39 is 0 Å². The number of likely N-dealkylation sites (tertiary alicyclic amines) is 1. The minimum atomic E-state index is -0.166. The van der Waals surface area contributed by atoms with E-state index in [-0.39, 0.29) is 11.9 Å². The van der Waals surface area contributed by atoms with E-state index in [1.54, 1.807) is 0 Å². The molecule has 2 heterocycles. The molecule has 0 aromatic rings. The van der Waals surface area contributed by atoms with Gasteiger partial charge in [0.15, 0.2) is 0 Å². The van der Waals surface area contributed by atoms with Crippen LogP contribution in [-0.2, 0) is 9.53 Å². The monoisotopic (exact) mass is 241 g/mol. The molecule has 2 aliphatic rings. The van der Waals surface area contributed by atoms with Crippen LogP contribution in [0, 0.1) is 0 Å². The Morgan fingerprint density at radius 1 is 1.59 bits per heavy atom. The summed E-state index contributed by atoms with van der Waals surface area (Å²) in [7, 11) is 0. The van der Waals surface area contributed by atoms with Crippen molar-refractivity contribution < 1.29 is 9.53 Å². The summed E-state index contributed by atoms with van der Waals surface area (Å²) < 4.78 is 5.30. The zero-order valence-electron chi connectivity index (χ0n) is 10.6. The maximum Gasteiger partial charge on any atom is 0.239 e. The van der Waals surface area contributed by atoms with Crippen LogP contribution in [0.25, 0.3) is 0 Å². The van der Waals surface area contributed by atoms with Gasteiger partial charge in [-0.2, -0.15) is 0 Å². The summed E-state index contributed by atoms with van der Waals surface area (Å²) in [5.74, 6) is 0.0904. The number of carbonyl (C=O) groups excluding carboxylic acids is 1. The maximum atomic E-state index is 12.0. The Morgan fingerprint density at radius 2 is 2.47 bits per heavy atom. The molecule has 98 valence electrons. The first-order valence-corrected chi connectivity index (χ1v) is 6.63. The van der Waals surface area contributed by atoms with E-state index in [4.69, 9.17) is 4.74 Å². The third-order valence-corrected chi connectivity index (χ3v) is 3.54. The average molecular weight is 241 g/mol. The fourth-order valence-corrected chi connectivity index (χ4v) is 2.50. The van der Waals surface area contributed by atoms with Crippen molar-refractivity contribution in [2.24, 2.45) is 0 Å². The lowest BCUT2D eigenvalue weighted by Crippen LogP contribution is -2.56. The quantitative estimate of drug-likeness (QED) is 0.704. The van der Waals surface area contributed by atoms with Crippen LogP contribution in [0.3, 0.4) is 0 Å². The Balaban J connectivity index is 1.77. The van der Waals surface area contributed by atoms with Crippen molar-refractivity contribution in [3.05, 3.63) is 0 Å². The zero-order chi connectivity index (χ0) is 12.1. The van der Waals surface area contributed by atoms with Crippen molar-refractivity contribution in [2.45, 2.75) is 31.8 Å². The summed E-state index contributed by atoms with van der Waals surface area (Å²) >= 11 is 0. The molecule has 0 radical (unpaired) electrons. The summed E-state index contributed by atoms with van der Waals surface area (Å²) in [6.07, 6.45) is 2.27. The van der Waals surface area contributed by atoms with Gasteiger partial charge in [-0.3, -0.25) is 4.79 Å². The second-order valence-electron chi connectivity index (χ2n) is 4.82. The first-order chi connectivity index (χ1) is 8.29. The summed E-state index contributed by atoms with van der Waals surface area (Å²) in [5, 5.41) is 6.31. The number of rotatable bonds is 3. The van der Waals surface area contributed by atoms with Crippen molar-refractivity contribution in [1.29, 1.82) is 0 Å². The molecule has 2 aliphatic heterocycles. The smallest absolute Gasteiger partial charge is 0.239 e. The van der Waals surface area contributed by atoms with Gasteiger partial charge in [-0.05, 0) is 25.9 Å². The Morgan fingerprint density at radius 3 is 3.18 bits per heavy atom. The Labute approximate surface area is 103 Å². The molecule has 0 aromatic heterocycles. The lowest BCUT2D eigenvalue weighted by Gasteiger charge is -2.33.